The van der Waals surface area contributed by atoms with Crippen LogP contribution in [0.25, 0.3) is 11.1 Å². The molecule has 0 saturated heterocycles. The third-order valence-corrected chi connectivity index (χ3v) is 25.4. The first-order chi connectivity index (χ1) is 56.9. The van der Waals surface area contributed by atoms with Gasteiger partial charge in [-0.25, -0.2) is 0 Å². The quantitative estimate of drug-likeness (QED) is 0.0631. The van der Waals surface area contributed by atoms with E-state index in [1.54, 1.807) is 0 Å². The van der Waals surface area contributed by atoms with Crippen LogP contribution in [0, 0.1) is 0 Å². The summed E-state index contributed by atoms with van der Waals surface area (Å²) in [5, 5.41) is 0. The van der Waals surface area contributed by atoms with Gasteiger partial charge in [0, 0.05) is 34.8 Å². The Morgan fingerprint density at radius 3 is 0.709 bits per heavy atom. The zero-order valence-corrected chi connectivity index (χ0v) is 76.8. The molecule has 1 aliphatic heterocycles. The Kier molecular flexibility index (Phi) is 42.6. The van der Waals surface area contributed by atoms with Gasteiger partial charge in [0.05, 0.1) is 0 Å². The van der Waals surface area contributed by atoms with Crippen molar-refractivity contribution in [1.82, 2.24) is 0 Å². The largest absolute Gasteiger partial charge is 0.457 e. The lowest BCUT2D eigenvalue weighted by atomic mass is 9.77. The highest BCUT2D eigenvalue weighted by Gasteiger charge is 2.23. The van der Waals surface area contributed by atoms with E-state index in [0.717, 1.165) is 114 Å². The van der Waals surface area contributed by atoms with E-state index in [2.05, 4.69) is 404 Å². The van der Waals surface area contributed by atoms with Crippen molar-refractivity contribution >= 4 is 35.3 Å². The van der Waals surface area contributed by atoms with Crippen molar-refractivity contribution in [3.05, 3.63) is 403 Å². The Morgan fingerprint density at radius 1 is 0.214 bits per heavy atom. The normalized spacial score (nSPS) is 10.8. The summed E-state index contributed by atoms with van der Waals surface area (Å²) in [6.45, 7) is 39.6. The van der Waals surface area contributed by atoms with Crippen molar-refractivity contribution in [2.24, 2.45) is 0 Å². The second-order valence-corrected chi connectivity index (χ2v) is 33.3. The Morgan fingerprint density at radius 2 is 0.444 bits per heavy atom. The predicted octanol–water partition coefficient (Wildman–Crippen LogP) is 33.0. The monoisotopic (exact) mass is 1600 g/mol. The molecule has 0 amide bonds. The standard InChI is InChI=1S/C19H24.C16H18O.C16H16S2.C16H18S.C16H18.3C10H14/c1-5-15-7-11-17(12-8-15)19(3,4)18-13-9-16(6-2)10-14-18;1-3-13-5-9-15(10-6-13)17-16-11-7-14(4-2)8-12-16;1-3-11-5-7-13-15(9-11)17-14-8-6-12(4-2)10-16(14)18-13;1-3-13-5-9-15(10-6-13)17-16-11-7-14(4-2)8-12-16;1-3-13-5-9-15(10-6-13)16-11-7-14(4-2)8-12-16;1-3-9-5-7-10(4-2)8-6-9;1-3-9-6-5-7-10(4-2)8-9;1-3-9-7-5-6-8-10(9)4-2/h7-14H,5-6H2,1-4H3;5-12H,3-4H2,1-2H3;5-10H,3-4H2,1-2H3;5-12H,3-4H2,1-2H3;5-12H,3-4H2,1-2H3;3*5-8H,3-4H2,1-2H3. The molecule has 0 bridgehead atoms. The molecular formula is C113H136OS3. The first-order valence-corrected chi connectivity index (χ1v) is 46.3. The third kappa shape index (κ3) is 31.8. The second-order valence-electron chi connectivity index (χ2n) is 30.0. The van der Waals surface area contributed by atoms with Crippen LogP contribution in [0.15, 0.2) is 333 Å². The van der Waals surface area contributed by atoms with Crippen LogP contribution in [0.5, 0.6) is 11.5 Å². The van der Waals surface area contributed by atoms with Gasteiger partial charge in [0.2, 0.25) is 0 Å². The van der Waals surface area contributed by atoms with Crippen LogP contribution in [-0.4, -0.2) is 0 Å². The van der Waals surface area contributed by atoms with Crippen molar-refractivity contribution in [2.45, 2.75) is 262 Å². The lowest BCUT2D eigenvalue weighted by Crippen LogP contribution is -2.18. The predicted molar refractivity (Wildman–Crippen MR) is 517 cm³/mol. The van der Waals surface area contributed by atoms with Crippen LogP contribution in [0.3, 0.4) is 0 Å². The highest BCUT2D eigenvalue weighted by Crippen LogP contribution is 2.49. The first-order valence-electron chi connectivity index (χ1n) is 43.9. The minimum atomic E-state index is 0.0680. The zero-order chi connectivity index (χ0) is 84.2. The number of fused-ring (bicyclic) bond motifs is 2. The summed E-state index contributed by atoms with van der Waals surface area (Å²) in [4.78, 5) is 8.25. The fraction of sp³-hybridized carbons (Fsp3) is 0.310. The molecular weight excluding hydrogens is 1470 g/mol. The van der Waals surface area contributed by atoms with E-state index >= 15 is 0 Å². The average Bonchev–Trinajstić information content (AvgIpc) is 0.799. The van der Waals surface area contributed by atoms with Gasteiger partial charge in [-0.1, -0.05) is 390 Å². The molecule has 612 valence electrons. The highest BCUT2D eigenvalue weighted by atomic mass is 32.2. The molecule has 0 aliphatic carbocycles. The van der Waals surface area contributed by atoms with Crippen molar-refractivity contribution < 1.29 is 4.74 Å². The number of hydrogen-bond donors (Lipinski definition) is 0. The lowest BCUT2D eigenvalue weighted by Gasteiger charge is -2.26. The minimum absolute atomic E-state index is 0.0680. The molecule has 0 saturated carbocycles. The molecule has 0 radical (unpaired) electrons. The van der Waals surface area contributed by atoms with E-state index in [1.165, 1.54) is 141 Å². The Balaban J connectivity index is 0.000000187. The molecule has 4 heteroatoms. The summed E-state index contributed by atoms with van der Waals surface area (Å²) in [7, 11) is 0. The van der Waals surface area contributed by atoms with Gasteiger partial charge in [0.15, 0.2) is 0 Å². The molecule has 13 aromatic rings. The number of aryl methyl sites for hydroxylation is 16. The molecule has 1 heterocycles. The van der Waals surface area contributed by atoms with Crippen LogP contribution < -0.4 is 4.74 Å². The van der Waals surface area contributed by atoms with Crippen molar-refractivity contribution in [3.63, 3.8) is 0 Å². The van der Waals surface area contributed by atoms with E-state index in [1.807, 2.05) is 59.6 Å². The van der Waals surface area contributed by atoms with Gasteiger partial charge in [-0.15, -0.1) is 0 Å². The van der Waals surface area contributed by atoms with E-state index in [9.17, 15) is 0 Å². The molecule has 0 N–H and O–H groups in total. The SMILES string of the molecule is CCc1ccc(-c2ccc(CC)cc2)cc1.CCc1ccc(C(C)(C)c2ccc(CC)cc2)cc1.CCc1ccc(CC)cc1.CCc1ccc(Oc2ccc(CC)cc2)cc1.CCc1ccc(Sc2ccc(CC)cc2)cc1.CCc1ccc2c(c1)Sc1ccc(CC)cc1S2.CCc1cccc(CC)c1.CCc1ccccc1CC. The van der Waals surface area contributed by atoms with Crippen LogP contribution in [0.2, 0.25) is 0 Å². The maximum absolute atomic E-state index is 5.78. The average molecular weight is 1610 g/mol. The summed E-state index contributed by atoms with van der Waals surface area (Å²) in [5.74, 6) is 1.79. The van der Waals surface area contributed by atoms with Crippen molar-refractivity contribution in [3.8, 4) is 22.6 Å². The molecule has 0 fully saturated rings. The van der Waals surface area contributed by atoms with Crippen LogP contribution in [0.1, 0.15) is 225 Å². The van der Waals surface area contributed by atoms with Crippen LogP contribution >= 0.6 is 35.3 Å². The van der Waals surface area contributed by atoms with Gasteiger partial charge < -0.3 is 4.74 Å². The fourth-order valence-electron chi connectivity index (χ4n) is 13.2. The number of hydrogen-bond acceptors (Lipinski definition) is 4. The molecule has 1 aliphatic rings. The van der Waals surface area contributed by atoms with Crippen molar-refractivity contribution in [2.75, 3.05) is 0 Å². The smallest absolute Gasteiger partial charge is 0.127 e. The summed E-state index contributed by atoms with van der Waals surface area (Å²) in [6, 6.07) is 110. The van der Waals surface area contributed by atoms with E-state index in [0.29, 0.717) is 0 Å². The Bertz CT molecular complexity index is 4480. The maximum atomic E-state index is 5.78. The van der Waals surface area contributed by atoms with E-state index < -0.39 is 0 Å². The Hall–Kier alpha value is -9.29. The number of benzene rings is 13. The molecule has 0 atom stereocenters. The molecule has 13 aromatic carbocycles. The van der Waals surface area contributed by atoms with Crippen LogP contribution in [-0.2, 0) is 108 Å². The molecule has 0 unspecified atom stereocenters. The minimum Gasteiger partial charge on any atom is -0.457 e. The van der Waals surface area contributed by atoms with Gasteiger partial charge in [0.1, 0.15) is 11.5 Å². The highest BCUT2D eigenvalue weighted by molar-refractivity contribution is 8.05. The summed E-state index contributed by atoms with van der Waals surface area (Å²) >= 11 is 5.65. The van der Waals surface area contributed by atoms with Gasteiger partial charge >= 0.3 is 0 Å². The molecule has 0 spiro atoms. The third-order valence-electron chi connectivity index (χ3n) is 21.8. The molecule has 1 nitrogen and oxygen atoms in total. The van der Waals surface area contributed by atoms with Crippen molar-refractivity contribution in [1.29, 1.82) is 0 Å². The summed E-state index contributed by atoms with van der Waals surface area (Å²) < 4.78 is 5.78. The lowest BCUT2D eigenvalue weighted by molar-refractivity contribution is 0.482. The van der Waals surface area contributed by atoms with Gasteiger partial charge in [-0.05, 0) is 287 Å². The maximum Gasteiger partial charge on any atom is 0.127 e. The molecule has 14 rings (SSSR count). The van der Waals surface area contributed by atoms with E-state index in [4.69, 9.17) is 4.74 Å². The number of rotatable bonds is 23. The summed E-state index contributed by atoms with van der Waals surface area (Å²) in [5.41, 5.74) is 28.1. The van der Waals surface area contributed by atoms with Crippen LogP contribution in [0.4, 0.5) is 0 Å². The second kappa shape index (κ2) is 52.5. The van der Waals surface area contributed by atoms with Gasteiger partial charge in [-0.2, -0.15) is 0 Å². The van der Waals surface area contributed by atoms with Gasteiger partial charge in [0.25, 0.3) is 0 Å². The Labute approximate surface area is 722 Å². The molecule has 117 heavy (non-hydrogen) atoms. The van der Waals surface area contributed by atoms with E-state index in [-0.39, 0.29) is 5.41 Å². The number of ether oxygens (including phenoxy) is 1. The summed E-state index contributed by atoms with van der Waals surface area (Å²) in [6.07, 6.45) is 17.9. The topological polar surface area (TPSA) is 9.23 Å². The first kappa shape index (κ1) is 94.9. The molecule has 0 aromatic heterocycles. The van der Waals surface area contributed by atoms with Gasteiger partial charge in [-0.3, -0.25) is 0 Å². The fourth-order valence-corrected chi connectivity index (χ4v) is 16.4. The zero-order valence-electron chi connectivity index (χ0n) is 74.3.